The Labute approximate surface area is 78.7 Å². The molecule has 0 spiro atoms. The van der Waals surface area contributed by atoms with E-state index in [1.807, 2.05) is 0 Å². The van der Waals surface area contributed by atoms with Crippen LogP contribution in [-0.4, -0.2) is 34.4 Å². The van der Waals surface area contributed by atoms with E-state index in [9.17, 15) is 0 Å². The Bertz CT molecular complexity index is 161. The molecule has 0 radical (unpaired) electrons. The summed E-state index contributed by atoms with van der Waals surface area (Å²) in [5.41, 5.74) is 0. The highest BCUT2D eigenvalue weighted by Gasteiger charge is 2.24. The average molecular weight is 190 g/mol. The summed E-state index contributed by atoms with van der Waals surface area (Å²) in [4.78, 5) is 2.15. The van der Waals surface area contributed by atoms with Crippen LogP contribution in [0.4, 0.5) is 0 Å². The molecule has 1 heterocycles. The first-order valence-electron chi connectivity index (χ1n) is 3.86. The summed E-state index contributed by atoms with van der Waals surface area (Å²) in [5, 5.41) is 3.38. The molecule has 1 saturated heterocycles. The number of thiol groups is 1. The van der Waals surface area contributed by atoms with Gasteiger partial charge in [-0.3, -0.25) is 0 Å². The van der Waals surface area contributed by atoms with E-state index in [2.05, 4.69) is 36.7 Å². The third-order valence-corrected chi connectivity index (χ3v) is 2.77. The van der Waals surface area contributed by atoms with Crippen LogP contribution in [0.1, 0.15) is 13.8 Å². The van der Waals surface area contributed by atoms with Crippen molar-refractivity contribution in [1.29, 1.82) is 0 Å². The molecule has 1 aliphatic heterocycles. The van der Waals surface area contributed by atoms with Gasteiger partial charge in [-0.25, -0.2) is 0 Å². The van der Waals surface area contributed by atoms with Gasteiger partial charge in [0.05, 0.1) is 0 Å². The number of thiocarbonyl (C=S) groups is 1. The van der Waals surface area contributed by atoms with Crippen molar-refractivity contribution in [3.63, 3.8) is 0 Å². The maximum Gasteiger partial charge on any atom is 0.133 e. The minimum atomic E-state index is 0.466. The van der Waals surface area contributed by atoms with Crippen LogP contribution < -0.4 is 5.32 Å². The number of nitrogens with zero attached hydrogens (tertiary/aromatic N) is 1. The predicted octanol–water partition coefficient (Wildman–Crippen LogP) is 0.883. The van der Waals surface area contributed by atoms with E-state index in [0.29, 0.717) is 16.4 Å². The number of piperazine rings is 1. The minimum Gasteiger partial charge on any atom is -0.352 e. The van der Waals surface area contributed by atoms with E-state index in [0.717, 1.165) is 13.1 Å². The SMILES string of the molecule is C[C@@H]1[C@@H](C)NCCN1C(=S)S. The second-order valence-electron chi connectivity index (χ2n) is 2.96. The maximum absolute atomic E-state index is 5.01. The summed E-state index contributed by atoms with van der Waals surface area (Å²) in [7, 11) is 0. The van der Waals surface area contributed by atoms with Gasteiger partial charge in [0, 0.05) is 25.2 Å². The molecule has 1 N–H and O–H groups in total. The molecule has 0 bridgehead atoms. The Morgan fingerprint density at radius 1 is 1.64 bits per heavy atom. The molecule has 2 atom stereocenters. The maximum atomic E-state index is 5.01. The normalized spacial score (nSPS) is 32.1. The molecule has 64 valence electrons. The molecule has 11 heavy (non-hydrogen) atoms. The highest BCUT2D eigenvalue weighted by Crippen LogP contribution is 2.10. The molecule has 1 fully saturated rings. The van der Waals surface area contributed by atoms with Crippen molar-refractivity contribution < 1.29 is 0 Å². The first-order valence-corrected chi connectivity index (χ1v) is 4.71. The van der Waals surface area contributed by atoms with Gasteiger partial charge in [0.15, 0.2) is 0 Å². The topological polar surface area (TPSA) is 15.3 Å². The standard InChI is InChI=1S/C7H14N2S2/c1-5-6(2)9(7(10)11)4-3-8-5/h5-6,8H,3-4H2,1-2H3,(H,10,11)/t5-,6-/m1/s1. The van der Waals surface area contributed by atoms with E-state index >= 15 is 0 Å². The van der Waals surface area contributed by atoms with Crippen LogP contribution in [0, 0.1) is 0 Å². The van der Waals surface area contributed by atoms with Gasteiger partial charge in [-0.05, 0) is 13.8 Å². The van der Waals surface area contributed by atoms with E-state index < -0.39 is 0 Å². The summed E-state index contributed by atoms with van der Waals surface area (Å²) in [6.07, 6.45) is 0. The third kappa shape index (κ3) is 2.07. The van der Waals surface area contributed by atoms with Crippen LogP contribution in [0.25, 0.3) is 0 Å². The summed E-state index contributed by atoms with van der Waals surface area (Å²) in [6, 6.07) is 0.975. The number of hydrogen-bond acceptors (Lipinski definition) is 2. The number of hydrogen-bond donors (Lipinski definition) is 2. The summed E-state index contributed by atoms with van der Waals surface area (Å²) >= 11 is 9.18. The van der Waals surface area contributed by atoms with Crippen molar-refractivity contribution in [3.8, 4) is 0 Å². The second kappa shape index (κ2) is 3.74. The van der Waals surface area contributed by atoms with Crippen LogP contribution in [0.3, 0.4) is 0 Å². The van der Waals surface area contributed by atoms with Crippen molar-refractivity contribution in [1.82, 2.24) is 10.2 Å². The molecule has 0 saturated carbocycles. The van der Waals surface area contributed by atoms with Gasteiger partial charge < -0.3 is 10.2 Å². The van der Waals surface area contributed by atoms with E-state index in [1.165, 1.54) is 0 Å². The van der Waals surface area contributed by atoms with Crippen LogP contribution in [-0.2, 0) is 0 Å². The largest absolute Gasteiger partial charge is 0.352 e. The Morgan fingerprint density at radius 2 is 2.27 bits per heavy atom. The summed E-state index contributed by atoms with van der Waals surface area (Å²) in [6.45, 7) is 6.32. The Morgan fingerprint density at radius 3 is 2.73 bits per heavy atom. The summed E-state index contributed by atoms with van der Waals surface area (Å²) < 4.78 is 0.714. The molecular weight excluding hydrogens is 176 g/mol. The van der Waals surface area contributed by atoms with Gasteiger partial charge >= 0.3 is 0 Å². The van der Waals surface area contributed by atoms with Gasteiger partial charge in [-0.2, -0.15) is 0 Å². The zero-order valence-corrected chi connectivity index (χ0v) is 8.58. The lowest BCUT2D eigenvalue weighted by molar-refractivity contribution is 0.229. The molecule has 0 unspecified atom stereocenters. The lowest BCUT2D eigenvalue weighted by atomic mass is 10.1. The molecule has 1 rings (SSSR count). The average Bonchev–Trinajstić information content (AvgIpc) is 1.94. The molecule has 0 aromatic carbocycles. The van der Waals surface area contributed by atoms with Gasteiger partial charge in [0.2, 0.25) is 0 Å². The monoisotopic (exact) mass is 190 g/mol. The zero-order chi connectivity index (χ0) is 8.43. The van der Waals surface area contributed by atoms with Gasteiger partial charge in [-0.15, -0.1) is 12.6 Å². The van der Waals surface area contributed by atoms with Gasteiger partial charge in [-0.1, -0.05) is 12.2 Å². The van der Waals surface area contributed by atoms with Gasteiger partial charge in [0.25, 0.3) is 0 Å². The first-order chi connectivity index (χ1) is 5.13. The zero-order valence-electron chi connectivity index (χ0n) is 6.87. The minimum absolute atomic E-state index is 0.466. The third-order valence-electron chi connectivity index (χ3n) is 2.28. The molecule has 0 aromatic heterocycles. The fourth-order valence-electron chi connectivity index (χ4n) is 1.33. The molecule has 0 aromatic rings. The lowest BCUT2D eigenvalue weighted by Gasteiger charge is -2.39. The number of nitrogens with one attached hydrogen (secondary N) is 1. The number of rotatable bonds is 0. The predicted molar refractivity (Wildman–Crippen MR) is 55.2 cm³/mol. The molecular formula is C7H14N2S2. The van der Waals surface area contributed by atoms with E-state index in [-0.39, 0.29) is 0 Å². The van der Waals surface area contributed by atoms with Crippen molar-refractivity contribution >= 4 is 29.2 Å². The molecule has 4 heteroatoms. The van der Waals surface area contributed by atoms with Crippen molar-refractivity contribution in [2.45, 2.75) is 25.9 Å². The second-order valence-corrected chi connectivity index (χ2v) is 4.07. The lowest BCUT2D eigenvalue weighted by Crippen LogP contribution is -2.55. The molecule has 0 aliphatic carbocycles. The van der Waals surface area contributed by atoms with Crippen LogP contribution in [0.5, 0.6) is 0 Å². The molecule has 2 nitrogen and oxygen atoms in total. The van der Waals surface area contributed by atoms with Crippen LogP contribution in [0.15, 0.2) is 0 Å². The molecule has 1 aliphatic rings. The summed E-state index contributed by atoms with van der Waals surface area (Å²) in [5.74, 6) is 0. The van der Waals surface area contributed by atoms with E-state index in [1.54, 1.807) is 0 Å². The quantitative estimate of drug-likeness (QED) is 0.436. The fourth-order valence-corrected chi connectivity index (χ4v) is 1.87. The Balaban J connectivity index is 2.58. The smallest absolute Gasteiger partial charge is 0.133 e. The van der Waals surface area contributed by atoms with Crippen LogP contribution in [0.2, 0.25) is 0 Å². The Kier molecular flexibility index (Phi) is 3.16. The first kappa shape index (κ1) is 9.29. The van der Waals surface area contributed by atoms with Crippen LogP contribution >= 0.6 is 24.8 Å². The van der Waals surface area contributed by atoms with Gasteiger partial charge in [0.1, 0.15) is 4.32 Å². The van der Waals surface area contributed by atoms with Crippen molar-refractivity contribution in [2.24, 2.45) is 0 Å². The van der Waals surface area contributed by atoms with E-state index in [4.69, 9.17) is 12.2 Å². The van der Waals surface area contributed by atoms with Crippen molar-refractivity contribution in [3.05, 3.63) is 0 Å². The van der Waals surface area contributed by atoms with Crippen molar-refractivity contribution in [2.75, 3.05) is 13.1 Å². The fraction of sp³-hybridized carbons (Fsp3) is 0.857. The highest BCUT2D eigenvalue weighted by atomic mass is 32.1. The highest BCUT2D eigenvalue weighted by molar-refractivity contribution is 8.10. The Hall–Kier alpha value is 0.200. The molecule has 0 amide bonds.